The molecule has 0 fully saturated rings. The maximum absolute atomic E-state index is 6.05. The number of aromatic nitrogens is 1. The second kappa shape index (κ2) is 3.54. The number of para-hydroxylation sites is 1. The molecular formula is C12H15ClN2. The zero-order chi connectivity index (χ0) is 11.1. The second-order valence-corrected chi connectivity index (χ2v) is 5.05. The van der Waals surface area contributed by atoms with Crippen molar-refractivity contribution >= 4 is 22.5 Å². The zero-order valence-electron chi connectivity index (χ0n) is 8.97. The standard InChI is InChI=1S/C12H15ClN2/c1-12(2,14)6-8-4-3-5-9-10(13)7-15-11(8)9/h3-5,7,15H,6,14H2,1-2H3. The summed E-state index contributed by atoms with van der Waals surface area (Å²) in [6.07, 6.45) is 2.65. The van der Waals surface area contributed by atoms with E-state index in [0.29, 0.717) is 0 Å². The quantitative estimate of drug-likeness (QED) is 0.806. The Morgan fingerprint density at radius 1 is 1.40 bits per heavy atom. The van der Waals surface area contributed by atoms with Gasteiger partial charge in [-0.25, -0.2) is 0 Å². The molecule has 3 N–H and O–H groups in total. The minimum Gasteiger partial charge on any atom is -0.360 e. The summed E-state index contributed by atoms with van der Waals surface area (Å²) >= 11 is 6.05. The first kappa shape index (κ1) is 10.5. The molecule has 0 aliphatic heterocycles. The van der Waals surface area contributed by atoms with Crippen LogP contribution in [0.15, 0.2) is 24.4 Å². The first-order valence-electron chi connectivity index (χ1n) is 5.01. The summed E-state index contributed by atoms with van der Waals surface area (Å²) < 4.78 is 0. The van der Waals surface area contributed by atoms with Crippen LogP contribution in [0.3, 0.4) is 0 Å². The van der Waals surface area contributed by atoms with Crippen molar-refractivity contribution in [2.75, 3.05) is 0 Å². The lowest BCUT2D eigenvalue weighted by atomic mass is 9.95. The van der Waals surface area contributed by atoms with Crippen molar-refractivity contribution in [1.82, 2.24) is 4.98 Å². The van der Waals surface area contributed by atoms with Crippen molar-refractivity contribution in [2.24, 2.45) is 5.73 Å². The van der Waals surface area contributed by atoms with E-state index in [-0.39, 0.29) is 5.54 Å². The molecule has 0 saturated carbocycles. The Morgan fingerprint density at radius 2 is 2.13 bits per heavy atom. The average molecular weight is 223 g/mol. The maximum Gasteiger partial charge on any atom is 0.0659 e. The average Bonchev–Trinajstić information content (AvgIpc) is 2.47. The highest BCUT2D eigenvalue weighted by atomic mass is 35.5. The van der Waals surface area contributed by atoms with Crippen molar-refractivity contribution in [1.29, 1.82) is 0 Å². The van der Waals surface area contributed by atoms with E-state index < -0.39 is 0 Å². The van der Waals surface area contributed by atoms with Gasteiger partial charge in [-0.3, -0.25) is 0 Å². The molecule has 1 aromatic heterocycles. The summed E-state index contributed by atoms with van der Waals surface area (Å²) in [7, 11) is 0. The Hall–Kier alpha value is -0.990. The Morgan fingerprint density at radius 3 is 2.80 bits per heavy atom. The van der Waals surface area contributed by atoms with Gasteiger partial charge in [0.05, 0.1) is 10.5 Å². The summed E-state index contributed by atoms with van der Waals surface area (Å²) in [6.45, 7) is 4.05. The molecule has 0 spiro atoms. The predicted molar refractivity (Wildman–Crippen MR) is 65.3 cm³/mol. The number of H-pyrrole nitrogens is 1. The molecule has 80 valence electrons. The van der Waals surface area contributed by atoms with E-state index in [1.165, 1.54) is 5.56 Å². The van der Waals surface area contributed by atoms with Gasteiger partial charge in [-0.15, -0.1) is 0 Å². The third kappa shape index (κ3) is 2.16. The number of fused-ring (bicyclic) bond motifs is 1. The molecule has 3 heteroatoms. The summed E-state index contributed by atoms with van der Waals surface area (Å²) in [5, 5.41) is 1.83. The van der Waals surface area contributed by atoms with E-state index in [0.717, 1.165) is 22.3 Å². The molecule has 0 amide bonds. The van der Waals surface area contributed by atoms with Gasteiger partial charge in [-0.1, -0.05) is 29.8 Å². The van der Waals surface area contributed by atoms with E-state index in [9.17, 15) is 0 Å². The van der Waals surface area contributed by atoms with Gasteiger partial charge in [-0.05, 0) is 25.8 Å². The van der Waals surface area contributed by atoms with E-state index in [1.807, 2.05) is 32.2 Å². The molecule has 0 saturated heterocycles. The maximum atomic E-state index is 6.05. The van der Waals surface area contributed by atoms with Crippen LogP contribution in [0, 0.1) is 0 Å². The Kier molecular flexibility index (Phi) is 2.49. The second-order valence-electron chi connectivity index (χ2n) is 4.64. The van der Waals surface area contributed by atoms with Crippen molar-refractivity contribution in [3.8, 4) is 0 Å². The number of nitrogens with two attached hydrogens (primary N) is 1. The van der Waals surface area contributed by atoms with Crippen LogP contribution in [0.1, 0.15) is 19.4 Å². The molecule has 1 heterocycles. The number of halogens is 1. The van der Waals surface area contributed by atoms with Gasteiger partial charge in [0.1, 0.15) is 0 Å². The van der Waals surface area contributed by atoms with Gasteiger partial charge in [0.25, 0.3) is 0 Å². The number of hydrogen-bond acceptors (Lipinski definition) is 1. The molecule has 0 atom stereocenters. The predicted octanol–water partition coefficient (Wildman–Crippen LogP) is 3.10. The lowest BCUT2D eigenvalue weighted by molar-refractivity contribution is 0.518. The lowest BCUT2D eigenvalue weighted by Gasteiger charge is -2.18. The summed E-state index contributed by atoms with van der Waals surface area (Å²) in [5.74, 6) is 0. The van der Waals surface area contributed by atoms with Gasteiger partial charge < -0.3 is 10.7 Å². The first-order chi connectivity index (χ1) is 6.97. The summed E-state index contributed by atoms with van der Waals surface area (Å²) in [4.78, 5) is 3.19. The molecule has 0 radical (unpaired) electrons. The van der Waals surface area contributed by atoms with Crippen LogP contribution in [0.5, 0.6) is 0 Å². The molecule has 2 aromatic rings. The third-order valence-corrected chi connectivity index (χ3v) is 2.71. The van der Waals surface area contributed by atoms with E-state index in [2.05, 4.69) is 11.1 Å². The van der Waals surface area contributed by atoms with Crippen molar-refractivity contribution < 1.29 is 0 Å². The molecule has 1 aromatic carbocycles. The van der Waals surface area contributed by atoms with Crippen molar-refractivity contribution in [2.45, 2.75) is 25.8 Å². The smallest absolute Gasteiger partial charge is 0.0659 e. The van der Waals surface area contributed by atoms with Gasteiger partial charge in [0.15, 0.2) is 0 Å². The number of hydrogen-bond donors (Lipinski definition) is 2. The van der Waals surface area contributed by atoms with E-state index in [4.69, 9.17) is 17.3 Å². The molecule has 15 heavy (non-hydrogen) atoms. The zero-order valence-corrected chi connectivity index (χ0v) is 9.73. The largest absolute Gasteiger partial charge is 0.360 e. The minimum absolute atomic E-state index is 0.203. The van der Waals surface area contributed by atoms with Crippen LogP contribution < -0.4 is 5.73 Å². The Balaban J connectivity index is 2.52. The molecule has 0 unspecified atom stereocenters. The lowest BCUT2D eigenvalue weighted by Crippen LogP contribution is -2.34. The normalized spacial score (nSPS) is 12.3. The van der Waals surface area contributed by atoms with Crippen LogP contribution >= 0.6 is 11.6 Å². The van der Waals surface area contributed by atoms with E-state index >= 15 is 0 Å². The SMILES string of the molecule is CC(C)(N)Cc1cccc2c(Cl)c[nH]c12. The molecule has 0 aliphatic carbocycles. The third-order valence-electron chi connectivity index (χ3n) is 2.40. The van der Waals surface area contributed by atoms with Gasteiger partial charge >= 0.3 is 0 Å². The number of rotatable bonds is 2. The van der Waals surface area contributed by atoms with Crippen LogP contribution in [0.2, 0.25) is 5.02 Å². The highest BCUT2D eigenvalue weighted by molar-refractivity contribution is 6.35. The first-order valence-corrected chi connectivity index (χ1v) is 5.38. The van der Waals surface area contributed by atoms with Crippen LogP contribution in [-0.4, -0.2) is 10.5 Å². The fraction of sp³-hybridized carbons (Fsp3) is 0.333. The monoisotopic (exact) mass is 222 g/mol. The van der Waals surface area contributed by atoms with E-state index in [1.54, 1.807) is 0 Å². The fourth-order valence-electron chi connectivity index (χ4n) is 1.82. The minimum atomic E-state index is -0.203. The van der Waals surface area contributed by atoms with Crippen LogP contribution in [-0.2, 0) is 6.42 Å². The molecule has 0 aliphatic rings. The van der Waals surface area contributed by atoms with Gasteiger partial charge in [0.2, 0.25) is 0 Å². The Bertz CT molecular complexity index is 480. The number of nitrogens with one attached hydrogen (secondary N) is 1. The number of benzene rings is 1. The fourth-order valence-corrected chi connectivity index (χ4v) is 2.03. The van der Waals surface area contributed by atoms with Crippen LogP contribution in [0.4, 0.5) is 0 Å². The van der Waals surface area contributed by atoms with Gasteiger partial charge in [0, 0.05) is 17.1 Å². The summed E-state index contributed by atoms with van der Waals surface area (Å²) in [6, 6.07) is 6.12. The van der Waals surface area contributed by atoms with Crippen molar-refractivity contribution in [3.05, 3.63) is 35.0 Å². The van der Waals surface area contributed by atoms with Crippen molar-refractivity contribution in [3.63, 3.8) is 0 Å². The molecule has 0 bridgehead atoms. The molecule has 2 rings (SSSR count). The molecular weight excluding hydrogens is 208 g/mol. The van der Waals surface area contributed by atoms with Crippen LogP contribution in [0.25, 0.3) is 10.9 Å². The Labute approximate surface area is 94.4 Å². The highest BCUT2D eigenvalue weighted by Crippen LogP contribution is 2.26. The van der Waals surface area contributed by atoms with Gasteiger partial charge in [-0.2, -0.15) is 0 Å². The summed E-state index contributed by atoms with van der Waals surface area (Å²) in [5.41, 5.74) is 8.13. The number of aromatic amines is 1. The topological polar surface area (TPSA) is 41.8 Å². The highest BCUT2D eigenvalue weighted by Gasteiger charge is 2.14. The molecule has 2 nitrogen and oxygen atoms in total.